The maximum atomic E-state index is 13.3. The van der Waals surface area contributed by atoms with Crippen molar-refractivity contribution in [3.63, 3.8) is 0 Å². The van der Waals surface area contributed by atoms with Crippen LogP contribution in [0.25, 0.3) is 0 Å². The fourth-order valence-corrected chi connectivity index (χ4v) is 4.82. The first-order chi connectivity index (χ1) is 15.8. The number of nitro benzene ring substituents is 1. The van der Waals surface area contributed by atoms with E-state index in [2.05, 4.69) is 4.72 Å². The number of anilines is 2. The number of para-hydroxylation sites is 2. The Morgan fingerprint density at radius 3 is 2.61 bits per heavy atom. The van der Waals surface area contributed by atoms with E-state index in [1.165, 1.54) is 19.2 Å². The van der Waals surface area contributed by atoms with Crippen molar-refractivity contribution in [3.05, 3.63) is 76.3 Å². The number of benzene rings is 3. The molecule has 172 valence electrons. The molecule has 4 rings (SSSR count). The number of methoxy groups -OCH3 is 1. The van der Waals surface area contributed by atoms with Crippen LogP contribution >= 0.6 is 0 Å². The molecule has 0 radical (unpaired) electrons. The SMILES string of the molecule is COc1ccccc1NS(=O)(=O)c1cc([N+](=O)[O-])ccc1N(C)Cc1ccc2c(c1)OCO2. The second-order valence-electron chi connectivity index (χ2n) is 7.26. The minimum Gasteiger partial charge on any atom is -0.495 e. The molecule has 0 aromatic heterocycles. The summed E-state index contributed by atoms with van der Waals surface area (Å²) >= 11 is 0. The molecule has 0 saturated carbocycles. The molecular formula is C22H21N3O7S. The van der Waals surface area contributed by atoms with Gasteiger partial charge >= 0.3 is 0 Å². The Labute approximate surface area is 190 Å². The largest absolute Gasteiger partial charge is 0.495 e. The van der Waals surface area contributed by atoms with Gasteiger partial charge in [-0.3, -0.25) is 14.8 Å². The summed E-state index contributed by atoms with van der Waals surface area (Å²) in [5.41, 5.74) is 1.02. The molecule has 3 aromatic rings. The van der Waals surface area contributed by atoms with Crippen molar-refractivity contribution in [1.82, 2.24) is 0 Å². The zero-order valence-electron chi connectivity index (χ0n) is 17.8. The van der Waals surface area contributed by atoms with Crippen molar-refractivity contribution in [2.24, 2.45) is 0 Å². The van der Waals surface area contributed by atoms with Crippen LogP contribution in [-0.2, 0) is 16.6 Å². The maximum Gasteiger partial charge on any atom is 0.270 e. The highest BCUT2D eigenvalue weighted by atomic mass is 32.2. The fourth-order valence-electron chi connectivity index (χ4n) is 3.47. The van der Waals surface area contributed by atoms with Crippen LogP contribution in [0.15, 0.2) is 65.6 Å². The Bertz CT molecular complexity index is 1310. The first kappa shape index (κ1) is 22.2. The van der Waals surface area contributed by atoms with Crippen molar-refractivity contribution < 1.29 is 27.6 Å². The topological polar surface area (TPSA) is 120 Å². The van der Waals surface area contributed by atoms with E-state index in [1.54, 1.807) is 42.3 Å². The number of ether oxygens (including phenoxy) is 3. The molecule has 0 aliphatic carbocycles. The van der Waals surface area contributed by atoms with E-state index in [0.29, 0.717) is 29.5 Å². The number of nitrogens with zero attached hydrogens (tertiary/aromatic N) is 2. The third-order valence-corrected chi connectivity index (χ3v) is 6.46. The molecule has 1 N–H and O–H groups in total. The lowest BCUT2D eigenvalue weighted by atomic mass is 10.1. The van der Waals surface area contributed by atoms with Gasteiger partial charge in [-0.1, -0.05) is 18.2 Å². The zero-order chi connectivity index (χ0) is 23.6. The van der Waals surface area contributed by atoms with Crippen LogP contribution in [0.4, 0.5) is 17.1 Å². The molecule has 1 aliphatic rings. The number of rotatable bonds is 8. The van der Waals surface area contributed by atoms with Gasteiger partial charge in [-0.05, 0) is 35.9 Å². The molecule has 0 spiro atoms. The average Bonchev–Trinajstić information content (AvgIpc) is 3.26. The van der Waals surface area contributed by atoms with Gasteiger partial charge in [-0.2, -0.15) is 0 Å². The van der Waals surface area contributed by atoms with E-state index in [0.717, 1.165) is 11.6 Å². The van der Waals surface area contributed by atoms with Gasteiger partial charge in [0.15, 0.2) is 11.5 Å². The number of nitrogens with one attached hydrogen (secondary N) is 1. The van der Waals surface area contributed by atoms with Gasteiger partial charge in [0.2, 0.25) is 6.79 Å². The minimum atomic E-state index is -4.20. The van der Waals surface area contributed by atoms with E-state index in [1.807, 2.05) is 12.1 Å². The second-order valence-corrected chi connectivity index (χ2v) is 8.91. The molecule has 0 fully saturated rings. The lowest BCUT2D eigenvalue weighted by Crippen LogP contribution is -2.22. The molecule has 33 heavy (non-hydrogen) atoms. The molecule has 3 aromatic carbocycles. The molecule has 1 heterocycles. The number of sulfonamides is 1. The average molecular weight is 471 g/mol. The normalized spacial score (nSPS) is 12.3. The molecule has 0 bridgehead atoms. The predicted octanol–water partition coefficient (Wildman–Crippen LogP) is 3.77. The first-order valence-corrected chi connectivity index (χ1v) is 11.3. The van der Waals surface area contributed by atoms with Gasteiger partial charge < -0.3 is 19.1 Å². The summed E-state index contributed by atoms with van der Waals surface area (Å²) in [5, 5.41) is 11.4. The van der Waals surface area contributed by atoms with Crippen molar-refractivity contribution in [2.45, 2.75) is 11.4 Å². The van der Waals surface area contributed by atoms with E-state index >= 15 is 0 Å². The van der Waals surface area contributed by atoms with E-state index in [9.17, 15) is 18.5 Å². The Morgan fingerprint density at radius 2 is 1.85 bits per heavy atom. The summed E-state index contributed by atoms with van der Waals surface area (Å²) < 4.78 is 45.1. The molecule has 0 atom stereocenters. The van der Waals surface area contributed by atoms with Gasteiger partial charge in [-0.15, -0.1) is 0 Å². The number of fused-ring (bicyclic) bond motifs is 1. The number of hydrogen-bond acceptors (Lipinski definition) is 8. The summed E-state index contributed by atoms with van der Waals surface area (Å²) in [6, 6.07) is 15.7. The van der Waals surface area contributed by atoms with Gasteiger partial charge in [-0.25, -0.2) is 8.42 Å². The number of nitro groups is 1. The number of non-ortho nitro benzene ring substituents is 1. The van der Waals surface area contributed by atoms with Crippen LogP contribution < -0.4 is 23.8 Å². The zero-order valence-corrected chi connectivity index (χ0v) is 18.7. The second kappa shape index (κ2) is 8.87. The van der Waals surface area contributed by atoms with Crippen LogP contribution in [0, 0.1) is 10.1 Å². The van der Waals surface area contributed by atoms with Gasteiger partial charge in [0, 0.05) is 25.7 Å². The van der Waals surface area contributed by atoms with Crippen molar-refractivity contribution in [2.75, 3.05) is 30.6 Å². The van der Waals surface area contributed by atoms with Crippen LogP contribution in [0.1, 0.15) is 5.56 Å². The molecule has 11 heteroatoms. The van der Waals surface area contributed by atoms with Crippen molar-refractivity contribution in [1.29, 1.82) is 0 Å². The molecule has 0 saturated heterocycles. The Balaban J connectivity index is 1.70. The summed E-state index contributed by atoms with van der Waals surface area (Å²) in [4.78, 5) is 12.2. The van der Waals surface area contributed by atoms with E-state index in [4.69, 9.17) is 14.2 Å². The Hall–Kier alpha value is -3.99. The highest BCUT2D eigenvalue weighted by molar-refractivity contribution is 7.93. The van der Waals surface area contributed by atoms with Crippen molar-refractivity contribution in [3.8, 4) is 17.2 Å². The first-order valence-electron chi connectivity index (χ1n) is 9.82. The van der Waals surface area contributed by atoms with Crippen LogP contribution in [0.3, 0.4) is 0 Å². The summed E-state index contributed by atoms with van der Waals surface area (Å²) in [5.74, 6) is 1.57. The maximum absolute atomic E-state index is 13.3. The highest BCUT2D eigenvalue weighted by Crippen LogP contribution is 2.35. The molecule has 0 amide bonds. The fraction of sp³-hybridized carbons (Fsp3) is 0.182. The Kier molecular flexibility index (Phi) is 5.97. The van der Waals surface area contributed by atoms with Crippen molar-refractivity contribution >= 4 is 27.1 Å². The highest BCUT2D eigenvalue weighted by Gasteiger charge is 2.26. The smallest absolute Gasteiger partial charge is 0.270 e. The molecular weight excluding hydrogens is 450 g/mol. The third kappa shape index (κ3) is 4.62. The summed E-state index contributed by atoms with van der Waals surface area (Å²) in [6.07, 6.45) is 0. The lowest BCUT2D eigenvalue weighted by Gasteiger charge is -2.23. The predicted molar refractivity (Wildman–Crippen MR) is 122 cm³/mol. The van der Waals surface area contributed by atoms with Crippen LogP contribution in [0.2, 0.25) is 0 Å². The lowest BCUT2D eigenvalue weighted by molar-refractivity contribution is -0.385. The minimum absolute atomic E-state index is 0.147. The van der Waals surface area contributed by atoms with E-state index < -0.39 is 14.9 Å². The van der Waals surface area contributed by atoms with Gasteiger partial charge in [0.05, 0.1) is 23.4 Å². The van der Waals surface area contributed by atoms with Gasteiger partial charge in [0.1, 0.15) is 10.6 Å². The quantitative estimate of drug-likeness (QED) is 0.389. The van der Waals surface area contributed by atoms with Crippen LogP contribution in [0.5, 0.6) is 17.2 Å². The van der Waals surface area contributed by atoms with Gasteiger partial charge in [0.25, 0.3) is 15.7 Å². The molecule has 1 aliphatic heterocycles. The third-order valence-electron chi connectivity index (χ3n) is 5.06. The monoisotopic (exact) mass is 471 g/mol. The molecule has 0 unspecified atom stereocenters. The molecule has 10 nitrogen and oxygen atoms in total. The van der Waals surface area contributed by atoms with E-state index in [-0.39, 0.29) is 23.1 Å². The number of hydrogen-bond donors (Lipinski definition) is 1. The van der Waals surface area contributed by atoms with Crippen LogP contribution in [-0.4, -0.2) is 34.3 Å². The summed E-state index contributed by atoms with van der Waals surface area (Å²) in [6.45, 7) is 0.472. The Morgan fingerprint density at radius 1 is 1.09 bits per heavy atom. The summed E-state index contributed by atoms with van der Waals surface area (Å²) in [7, 11) is -1.08. The standard InChI is InChI=1S/C22H21N3O7S/c1-24(13-15-7-10-20-21(11-15)32-14-31-20)18-9-8-16(25(26)27)12-22(18)33(28,29)23-17-5-3-4-6-19(17)30-2/h3-12,23H,13-14H2,1-2H3.